The van der Waals surface area contributed by atoms with Gasteiger partial charge in [-0.25, -0.2) is 4.98 Å². The summed E-state index contributed by atoms with van der Waals surface area (Å²) in [7, 11) is 0. The molecule has 13 heavy (non-hydrogen) atoms. The van der Waals surface area contributed by atoms with Crippen molar-refractivity contribution in [3.05, 3.63) is 16.1 Å². The summed E-state index contributed by atoms with van der Waals surface area (Å²) in [5.74, 6) is -1.49. The molecule has 0 fully saturated rings. The van der Waals surface area contributed by atoms with Gasteiger partial charge in [0.2, 0.25) is 0 Å². The minimum absolute atomic E-state index is 0.379. The Kier molecular flexibility index (Phi) is 2.97. The molecule has 6 heteroatoms. The van der Waals surface area contributed by atoms with Gasteiger partial charge in [-0.3, -0.25) is 9.59 Å². The molecule has 1 amide bonds. The predicted octanol–water partition coefficient (Wildman–Crippen LogP) is 0.0661. The molecule has 0 bridgehead atoms. The Balaban J connectivity index is 2.59. The molecule has 0 saturated heterocycles. The van der Waals surface area contributed by atoms with Gasteiger partial charge < -0.3 is 10.4 Å². The monoisotopic (exact) mass is 199 g/mol. The maximum absolute atomic E-state index is 11.2. The average Bonchev–Trinajstić information content (AvgIpc) is 2.47. The van der Waals surface area contributed by atoms with Crippen LogP contribution in [0.25, 0.3) is 0 Å². The van der Waals surface area contributed by atoms with Crippen molar-refractivity contribution in [3.63, 3.8) is 0 Å². The number of amides is 1. The molecule has 1 heterocycles. The molecular weight excluding hydrogens is 192 g/mol. The van der Waals surface area contributed by atoms with Gasteiger partial charge in [-0.2, -0.15) is 0 Å². The molecular formula is C7H7N2O3S. The summed E-state index contributed by atoms with van der Waals surface area (Å²) in [6, 6.07) is 0. The van der Waals surface area contributed by atoms with E-state index < -0.39 is 11.9 Å². The molecule has 1 rings (SSSR count). The second-order valence-electron chi connectivity index (χ2n) is 2.30. The zero-order valence-electron chi connectivity index (χ0n) is 6.83. The van der Waals surface area contributed by atoms with Crippen molar-refractivity contribution in [3.8, 4) is 0 Å². The van der Waals surface area contributed by atoms with Crippen LogP contribution in [0.3, 0.4) is 0 Å². The van der Waals surface area contributed by atoms with Crippen LogP contribution in [0.1, 0.15) is 15.4 Å². The Bertz CT molecular complexity index is 334. The lowest BCUT2D eigenvalue weighted by molar-refractivity contribution is -0.135. The van der Waals surface area contributed by atoms with Crippen LogP contribution in [0.15, 0.2) is 0 Å². The molecule has 0 unspecified atom stereocenters. The van der Waals surface area contributed by atoms with Gasteiger partial charge >= 0.3 is 5.97 Å². The van der Waals surface area contributed by atoms with E-state index >= 15 is 0 Å². The highest BCUT2D eigenvalue weighted by atomic mass is 32.1. The van der Waals surface area contributed by atoms with E-state index in [1.54, 1.807) is 6.92 Å². The lowest BCUT2D eigenvalue weighted by Gasteiger charge is -1.98. The van der Waals surface area contributed by atoms with Crippen molar-refractivity contribution in [1.29, 1.82) is 0 Å². The number of aromatic nitrogens is 1. The minimum atomic E-state index is -1.07. The quantitative estimate of drug-likeness (QED) is 0.721. The zero-order valence-corrected chi connectivity index (χ0v) is 7.64. The highest BCUT2D eigenvalue weighted by Crippen LogP contribution is 2.10. The standard InChI is InChI=1S/C7H7N2O3S/c1-4-6(13-3-9-4)7(12)8-2-5(10)11/h2H2,1H3,(H,8,12)(H,10,11). The van der Waals surface area contributed by atoms with Crippen molar-refractivity contribution in [2.45, 2.75) is 6.92 Å². The number of hydrogen-bond acceptors (Lipinski definition) is 4. The summed E-state index contributed by atoms with van der Waals surface area (Å²) >= 11 is 1.07. The largest absolute Gasteiger partial charge is 0.480 e. The highest BCUT2D eigenvalue weighted by molar-refractivity contribution is 7.11. The summed E-state index contributed by atoms with van der Waals surface area (Å²) in [6.07, 6.45) is 0. The van der Waals surface area contributed by atoms with Gasteiger partial charge in [-0.1, -0.05) is 0 Å². The van der Waals surface area contributed by atoms with Crippen LogP contribution in [0.2, 0.25) is 0 Å². The van der Waals surface area contributed by atoms with Gasteiger partial charge in [-0.05, 0) is 6.92 Å². The molecule has 0 aliphatic heterocycles. The second kappa shape index (κ2) is 3.99. The maximum Gasteiger partial charge on any atom is 0.322 e. The molecule has 0 aliphatic rings. The number of aryl methyl sites for hydroxylation is 1. The maximum atomic E-state index is 11.2. The number of aliphatic carboxylic acids is 1. The third kappa shape index (κ3) is 2.51. The molecule has 0 spiro atoms. The van der Waals surface area contributed by atoms with E-state index in [0.29, 0.717) is 10.6 Å². The first-order valence-corrected chi connectivity index (χ1v) is 4.26. The van der Waals surface area contributed by atoms with Gasteiger partial charge in [0.25, 0.3) is 5.91 Å². The lowest BCUT2D eigenvalue weighted by atomic mass is 10.4. The van der Waals surface area contributed by atoms with E-state index in [1.807, 2.05) is 0 Å². The molecule has 1 aromatic heterocycles. The Hall–Kier alpha value is -1.43. The SMILES string of the molecule is Cc1n[c]sc1C(=O)NCC(=O)O. The van der Waals surface area contributed by atoms with Crippen molar-refractivity contribution in [2.75, 3.05) is 6.54 Å². The van der Waals surface area contributed by atoms with Gasteiger partial charge in [0.15, 0.2) is 5.51 Å². The van der Waals surface area contributed by atoms with Crippen LogP contribution in [0.5, 0.6) is 0 Å². The third-order valence-corrected chi connectivity index (χ3v) is 2.16. The van der Waals surface area contributed by atoms with Crippen molar-refractivity contribution in [1.82, 2.24) is 10.3 Å². The van der Waals surface area contributed by atoms with E-state index in [1.165, 1.54) is 0 Å². The topological polar surface area (TPSA) is 79.3 Å². The number of nitrogens with one attached hydrogen (secondary N) is 1. The smallest absolute Gasteiger partial charge is 0.322 e. The molecule has 0 aromatic carbocycles. The first-order chi connectivity index (χ1) is 6.11. The fraction of sp³-hybridized carbons (Fsp3) is 0.286. The van der Waals surface area contributed by atoms with Crippen molar-refractivity contribution in [2.24, 2.45) is 0 Å². The van der Waals surface area contributed by atoms with Crippen LogP contribution < -0.4 is 5.32 Å². The minimum Gasteiger partial charge on any atom is -0.480 e. The number of carboxylic acid groups (broad SMARTS) is 1. The molecule has 0 atom stereocenters. The normalized spacial score (nSPS) is 9.62. The number of hydrogen-bond donors (Lipinski definition) is 2. The number of carbonyl (C=O) groups excluding carboxylic acids is 1. The van der Waals surface area contributed by atoms with Crippen LogP contribution in [-0.2, 0) is 4.79 Å². The van der Waals surface area contributed by atoms with Gasteiger partial charge in [0, 0.05) is 0 Å². The molecule has 2 N–H and O–H groups in total. The highest BCUT2D eigenvalue weighted by Gasteiger charge is 2.12. The summed E-state index contributed by atoms with van der Waals surface area (Å²) in [5.41, 5.74) is 3.11. The Morgan fingerprint density at radius 2 is 2.38 bits per heavy atom. The third-order valence-electron chi connectivity index (χ3n) is 1.30. The number of rotatable bonds is 3. The Labute approximate surface area is 78.4 Å². The first-order valence-electron chi connectivity index (χ1n) is 3.44. The Morgan fingerprint density at radius 1 is 1.69 bits per heavy atom. The van der Waals surface area contributed by atoms with Crippen LogP contribution in [0.4, 0.5) is 0 Å². The van der Waals surface area contributed by atoms with E-state index in [-0.39, 0.29) is 6.54 Å². The molecule has 5 nitrogen and oxygen atoms in total. The molecule has 1 radical (unpaired) electrons. The fourth-order valence-electron chi connectivity index (χ4n) is 0.708. The average molecular weight is 199 g/mol. The zero-order chi connectivity index (χ0) is 9.84. The van der Waals surface area contributed by atoms with Gasteiger partial charge in [-0.15, -0.1) is 11.3 Å². The first kappa shape index (κ1) is 9.66. The number of thiazole rings is 1. The number of carbonyl (C=O) groups is 2. The van der Waals surface area contributed by atoms with E-state index in [2.05, 4.69) is 15.8 Å². The van der Waals surface area contributed by atoms with Crippen molar-refractivity contribution >= 4 is 23.2 Å². The molecule has 0 aliphatic carbocycles. The van der Waals surface area contributed by atoms with Crippen LogP contribution in [0, 0.1) is 12.4 Å². The van der Waals surface area contributed by atoms with Gasteiger partial charge in [0.1, 0.15) is 11.4 Å². The summed E-state index contributed by atoms with van der Waals surface area (Å²) < 4.78 is 0. The number of carboxylic acids is 1. The van der Waals surface area contributed by atoms with Crippen LogP contribution >= 0.6 is 11.3 Å². The van der Waals surface area contributed by atoms with E-state index in [9.17, 15) is 9.59 Å². The van der Waals surface area contributed by atoms with Gasteiger partial charge in [0.05, 0.1) is 5.69 Å². The summed E-state index contributed by atoms with van der Waals surface area (Å²) in [6.45, 7) is 1.29. The lowest BCUT2D eigenvalue weighted by Crippen LogP contribution is -2.29. The molecule has 0 saturated carbocycles. The second-order valence-corrected chi connectivity index (χ2v) is 3.09. The van der Waals surface area contributed by atoms with E-state index in [4.69, 9.17) is 5.11 Å². The fourth-order valence-corrected chi connectivity index (χ4v) is 1.34. The summed E-state index contributed by atoms with van der Waals surface area (Å²) in [4.78, 5) is 25.5. The predicted molar refractivity (Wildman–Crippen MR) is 45.7 cm³/mol. The number of nitrogens with zero attached hydrogens (tertiary/aromatic N) is 1. The summed E-state index contributed by atoms with van der Waals surface area (Å²) in [5, 5.41) is 10.5. The molecule has 69 valence electrons. The molecule has 1 aromatic rings. The van der Waals surface area contributed by atoms with Crippen LogP contribution in [-0.4, -0.2) is 28.5 Å². The Morgan fingerprint density at radius 3 is 2.85 bits per heavy atom. The van der Waals surface area contributed by atoms with E-state index in [0.717, 1.165) is 11.3 Å². The van der Waals surface area contributed by atoms with Crippen molar-refractivity contribution < 1.29 is 14.7 Å².